The summed E-state index contributed by atoms with van der Waals surface area (Å²) < 4.78 is 0.993. The summed E-state index contributed by atoms with van der Waals surface area (Å²) in [4.78, 5) is 12.1. The van der Waals surface area contributed by atoms with Crippen LogP contribution in [-0.4, -0.2) is 5.78 Å². The largest absolute Gasteiger partial charge is 0.294 e. The predicted octanol–water partition coefficient (Wildman–Crippen LogP) is 4.18. The highest BCUT2D eigenvalue weighted by atomic mass is 79.9. The molecule has 0 aromatic heterocycles. The van der Waals surface area contributed by atoms with Crippen LogP contribution in [0.5, 0.6) is 0 Å². The van der Waals surface area contributed by atoms with E-state index in [0.29, 0.717) is 6.42 Å². The third kappa shape index (κ3) is 3.04. The lowest BCUT2D eigenvalue weighted by Crippen LogP contribution is -2.04. The Kier molecular flexibility index (Phi) is 3.75. The van der Waals surface area contributed by atoms with Gasteiger partial charge in [0.2, 0.25) is 0 Å². The van der Waals surface area contributed by atoms with Gasteiger partial charge in [0, 0.05) is 16.5 Å². The van der Waals surface area contributed by atoms with Gasteiger partial charge in [0.05, 0.1) is 0 Å². The van der Waals surface area contributed by atoms with Crippen molar-refractivity contribution < 1.29 is 4.79 Å². The minimum absolute atomic E-state index is 0.150. The van der Waals surface area contributed by atoms with Gasteiger partial charge in [-0.1, -0.05) is 64.0 Å². The first-order chi connectivity index (χ1) is 8.16. The fourth-order valence-corrected chi connectivity index (χ4v) is 2.12. The molecule has 1 nitrogen and oxygen atoms in total. The van der Waals surface area contributed by atoms with Crippen LogP contribution < -0.4 is 0 Å². The zero-order valence-electron chi connectivity index (χ0n) is 9.61. The van der Waals surface area contributed by atoms with Gasteiger partial charge in [-0.2, -0.15) is 0 Å². The maximum atomic E-state index is 12.1. The lowest BCUT2D eigenvalue weighted by atomic mass is 10.0. The summed E-state index contributed by atoms with van der Waals surface area (Å²) in [6.07, 6.45) is 0.437. The normalized spacial score (nSPS) is 10.2. The van der Waals surface area contributed by atoms with Gasteiger partial charge in [-0.15, -0.1) is 0 Å². The third-order valence-corrected chi connectivity index (χ3v) is 3.42. The lowest BCUT2D eigenvalue weighted by Gasteiger charge is -2.05. The molecule has 0 saturated carbocycles. The van der Waals surface area contributed by atoms with Crippen molar-refractivity contribution in [3.63, 3.8) is 0 Å². The molecule has 0 bridgehead atoms. The molecule has 0 radical (unpaired) electrons. The fraction of sp³-hybridized carbons (Fsp3) is 0.133. The molecule has 86 valence electrons. The molecule has 0 heterocycles. The van der Waals surface area contributed by atoms with Crippen molar-refractivity contribution in [2.75, 3.05) is 0 Å². The Hall–Kier alpha value is -1.41. The summed E-state index contributed by atoms with van der Waals surface area (Å²) in [6.45, 7) is 2.03. The highest BCUT2D eigenvalue weighted by Gasteiger charge is 2.08. The number of carbonyl (C=O) groups excluding carboxylic acids is 1. The van der Waals surface area contributed by atoms with Gasteiger partial charge in [0.25, 0.3) is 0 Å². The number of carbonyl (C=O) groups is 1. The second kappa shape index (κ2) is 5.28. The van der Waals surface area contributed by atoms with Crippen molar-refractivity contribution in [1.82, 2.24) is 0 Å². The molecule has 0 amide bonds. The molecule has 0 aliphatic heterocycles. The van der Waals surface area contributed by atoms with Crippen LogP contribution in [0.3, 0.4) is 0 Å². The van der Waals surface area contributed by atoms with Crippen LogP contribution in [0.15, 0.2) is 53.0 Å². The van der Waals surface area contributed by atoms with Crippen molar-refractivity contribution in [2.45, 2.75) is 13.3 Å². The van der Waals surface area contributed by atoms with Gasteiger partial charge >= 0.3 is 0 Å². The second-order valence-electron chi connectivity index (χ2n) is 4.06. The molecule has 2 rings (SSSR count). The highest BCUT2D eigenvalue weighted by molar-refractivity contribution is 9.10. The van der Waals surface area contributed by atoms with Crippen molar-refractivity contribution >= 4 is 21.7 Å². The van der Waals surface area contributed by atoms with Gasteiger partial charge in [-0.3, -0.25) is 4.79 Å². The topological polar surface area (TPSA) is 17.1 Å². The van der Waals surface area contributed by atoms with Crippen LogP contribution in [0.4, 0.5) is 0 Å². The lowest BCUT2D eigenvalue weighted by molar-refractivity contribution is 0.0993. The average Bonchev–Trinajstić information content (AvgIpc) is 2.35. The molecule has 2 aromatic carbocycles. The SMILES string of the molecule is Cc1ccc(Br)c(CC(=O)c2ccccc2)c1. The van der Waals surface area contributed by atoms with Gasteiger partial charge in [-0.05, 0) is 18.6 Å². The molecule has 0 fully saturated rings. The molecule has 0 spiro atoms. The average molecular weight is 289 g/mol. The Labute approximate surface area is 110 Å². The van der Waals surface area contributed by atoms with E-state index in [0.717, 1.165) is 15.6 Å². The molecule has 0 aliphatic carbocycles. The zero-order valence-corrected chi connectivity index (χ0v) is 11.2. The van der Waals surface area contributed by atoms with E-state index in [1.54, 1.807) is 0 Å². The molecule has 0 N–H and O–H groups in total. The van der Waals surface area contributed by atoms with E-state index in [4.69, 9.17) is 0 Å². The number of aryl methyl sites for hydroxylation is 1. The Morgan fingerprint density at radius 2 is 1.82 bits per heavy atom. The summed E-state index contributed by atoms with van der Waals surface area (Å²) >= 11 is 3.48. The molecule has 2 heteroatoms. The number of ketones is 1. The van der Waals surface area contributed by atoms with Crippen LogP contribution in [0, 0.1) is 6.92 Å². The third-order valence-electron chi connectivity index (χ3n) is 2.65. The van der Waals surface area contributed by atoms with Crippen molar-refractivity contribution in [3.05, 3.63) is 69.7 Å². The van der Waals surface area contributed by atoms with Gasteiger partial charge in [0.15, 0.2) is 5.78 Å². The maximum Gasteiger partial charge on any atom is 0.167 e. The van der Waals surface area contributed by atoms with Crippen LogP contribution >= 0.6 is 15.9 Å². The number of hydrogen-bond donors (Lipinski definition) is 0. The van der Waals surface area contributed by atoms with Crippen LogP contribution in [0.1, 0.15) is 21.5 Å². The molecule has 0 saturated heterocycles. The summed E-state index contributed by atoms with van der Waals surface area (Å²) in [6, 6.07) is 15.5. The maximum absolute atomic E-state index is 12.1. The van der Waals surface area contributed by atoms with Crippen molar-refractivity contribution in [3.8, 4) is 0 Å². The van der Waals surface area contributed by atoms with E-state index in [2.05, 4.69) is 15.9 Å². The Bertz CT molecular complexity index is 532. The minimum atomic E-state index is 0.150. The standard InChI is InChI=1S/C15H13BrO/c1-11-7-8-14(16)13(9-11)10-15(17)12-5-3-2-4-6-12/h2-9H,10H2,1H3. The molecule has 0 unspecified atom stereocenters. The molecule has 2 aromatic rings. The minimum Gasteiger partial charge on any atom is -0.294 e. The van der Waals surface area contributed by atoms with E-state index >= 15 is 0 Å². The first-order valence-corrected chi connectivity index (χ1v) is 6.29. The summed E-state index contributed by atoms with van der Waals surface area (Å²) in [5, 5.41) is 0. The zero-order chi connectivity index (χ0) is 12.3. The number of hydrogen-bond acceptors (Lipinski definition) is 1. The quantitative estimate of drug-likeness (QED) is 0.775. The monoisotopic (exact) mass is 288 g/mol. The van der Waals surface area contributed by atoms with E-state index in [-0.39, 0.29) is 5.78 Å². The van der Waals surface area contributed by atoms with Crippen LogP contribution in [0.2, 0.25) is 0 Å². The highest BCUT2D eigenvalue weighted by Crippen LogP contribution is 2.20. The van der Waals surface area contributed by atoms with E-state index in [9.17, 15) is 4.79 Å². The van der Waals surface area contributed by atoms with Crippen molar-refractivity contribution in [1.29, 1.82) is 0 Å². The first-order valence-electron chi connectivity index (χ1n) is 5.50. The molecular formula is C15H13BrO. The first kappa shape index (κ1) is 12.1. The smallest absolute Gasteiger partial charge is 0.167 e. The fourth-order valence-electron chi connectivity index (χ4n) is 1.74. The molecule has 0 aliphatic rings. The van der Waals surface area contributed by atoms with Crippen molar-refractivity contribution in [2.24, 2.45) is 0 Å². The van der Waals surface area contributed by atoms with Crippen LogP contribution in [0.25, 0.3) is 0 Å². The van der Waals surface area contributed by atoms with E-state index in [1.165, 1.54) is 5.56 Å². The predicted molar refractivity (Wildman–Crippen MR) is 73.4 cm³/mol. The Morgan fingerprint density at radius 3 is 2.53 bits per heavy atom. The summed E-state index contributed by atoms with van der Waals surface area (Å²) in [5.41, 5.74) is 2.98. The number of rotatable bonds is 3. The molecule has 0 atom stereocenters. The van der Waals surface area contributed by atoms with Gasteiger partial charge in [0.1, 0.15) is 0 Å². The van der Waals surface area contributed by atoms with Gasteiger partial charge < -0.3 is 0 Å². The molecule has 17 heavy (non-hydrogen) atoms. The summed E-state index contributed by atoms with van der Waals surface area (Å²) in [7, 11) is 0. The number of Topliss-reactive ketones (excluding diaryl/α,β-unsaturated/α-hetero) is 1. The molecular weight excluding hydrogens is 276 g/mol. The van der Waals surface area contributed by atoms with E-state index < -0.39 is 0 Å². The van der Waals surface area contributed by atoms with E-state index in [1.807, 2.05) is 55.5 Å². The Balaban J connectivity index is 2.22. The van der Waals surface area contributed by atoms with Crippen LogP contribution in [-0.2, 0) is 6.42 Å². The second-order valence-corrected chi connectivity index (χ2v) is 4.92. The van der Waals surface area contributed by atoms with Gasteiger partial charge in [-0.25, -0.2) is 0 Å². The summed E-state index contributed by atoms with van der Waals surface area (Å²) in [5.74, 6) is 0.150. The number of halogens is 1. The number of benzene rings is 2. The Morgan fingerprint density at radius 1 is 1.12 bits per heavy atom.